The van der Waals surface area contributed by atoms with Crippen LogP contribution in [0.15, 0.2) is 36.9 Å². The Labute approximate surface area is 109 Å². The highest BCUT2D eigenvalue weighted by molar-refractivity contribution is 6.20. The van der Waals surface area contributed by atoms with E-state index in [-0.39, 0.29) is 7.69 Å². The molecule has 0 saturated carbocycles. The summed E-state index contributed by atoms with van der Waals surface area (Å²) in [6, 6.07) is 3.09. The first-order valence-electron chi connectivity index (χ1n) is 5.38. The van der Waals surface area contributed by atoms with Crippen LogP contribution in [0.25, 0.3) is 0 Å². The van der Waals surface area contributed by atoms with Crippen molar-refractivity contribution >= 4 is 20.3 Å². The van der Waals surface area contributed by atoms with Gasteiger partial charge in [-0.05, 0) is 12.1 Å². The van der Waals surface area contributed by atoms with Crippen LogP contribution in [0.4, 0.5) is 0 Å². The molecule has 19 heavy (non-hydrogen) atoms. The molecule has 7 heteroatoms. The Morgan fingerprint density at radius 2 is 1.32 bits per heavy atom. The number of rotatable bonds is 6. The van der Waals surface area contributed by atoms with E-state index in [1.54, 1.807) is 12.1 Å². The summed E-state index contributed by atoms with van der Waals surface area (Å²) in [7, 11) is -0.0754. The molecule has 0 atom stereocenters. The molecule has 0 spiro atoms. The quantitative estimate of drug-likeness (QED) is 0.562. The summed E-state index contributed by atoms with van der Waals surface area (Å²) in [5.74, 6) is 0.841. The first-order chi connectivity index (χ1) is 9.31. The van der Waals surface area contributed by atoms with Gasteiger partial charge in [-0.1, -0.05) is 0 Å². The zero-order valence-electron chi connectivity index (χ0n) is 9.85. The van der Waals surface area contributed by atoms with E-state index < -0.39 is 0 Å². The van der Waals surface area contributed by atoms with Gasteiger partial charge in [-0.2, -0.15) is 0 Å². The van der Waals surface area contributed by atoms with E-state index in [9.17, 15) is 9.59 Å². The molecule has 0 aliphatic carbocycles. The van der Waals surface area contributed by atoms with Gasteiger partial charge < -0.3 is 9.31 Å². The Balaban J connectivity index is 1.92. The van der Waals surface area contributed by atoms with Crippen molar-refractivity contribution in [3.8, 4) is 11.5 Å². The van der Waals surface area contributed by atoms with Gasteiger partial charge in [0, 0.05) is 23.5 Å². The predicted molar refractivity (Wildman–Crippen MR) is 67.7 cm³/mol. The Morgan fingerprint density at radius 3 is 1.74 bits per heavy atom. The van der Waals surface area contributed by atoms with Gasteiger partial charge in [-0.15, -0.1) is 0 Å². The maximum atomic E-state index is 10.6. The molecule has 94 valence electrons. The second-order valence-electron chi connectivity index (χ2n) is 3.55. The topological polar surface area (TPSA) is 78.4 Å². The second kappa shape index (κ2) is 6.30. The maximum absolute atomic E-state index is 10.6. The van der Waals surface area contributed by atoms with Crippen molar-refractivity contribution in [1.29, 1.82) is 0 Å². The van der Waals surface area contributed by atoms with E-state index in [4.69, 9.17) is 9.31 Å². The van der Waals surface area contributed by atoms with Gasteiger partial charge in [0.2, 0.25) is 0 Å². The first-order valence-corrected chi connectivity index (χ1v) is 5.38. The van der Waals surface area contributed by atoms with Crippen molar-refractivity contribution < 1.29 is 18.9 Å². The molecule has 0 saturated heterocycles. The molecule has 0 aromatic carbocycles. The molecule has 2 aromatic rings. The summed E-state index contributed by atoms with van der Waals surface area (Å²) in [6.45, 7) is 0. The molecule has 2 aromatic heterocycles. The van der Waals surface area contributed by atoms with E-state index >= 15 is 0 Å². The molecular formula is C12H9BN2O4. The Hall–Kier alpha value is -2.70. The highest BCUT2D eigenvalue weighted by atomic mass is 16.6. The second-order valence-corrected chi connectivity index (χ2v) is 3.55. The molecule has 0 aliphatic rings. The summed E-state index contributed by atoms with van der Waals surface area (Å²) in [5, 5.41) is 0. The monoisotopic (exact) mass is 256 g/mol. The lowest BCUT2D eigenvalue weighted by Gasteiger charge is -2.07. The number of hydrogen-bond donors (Lipinski definition) is 0. The van der Waals surface area contributed by atoms with Crippen LogP contribution < -0.4 is 9.31 Å². The molecule has 0 fully saturated rings. The predicted octanol–water partition coefficient (Wildman–Crippen LogP) is 0.826. The lowest BCUT2D eigenvalue weighted by Crippen LogP contribution is -2.11. The van der Waals surface area contributed by atoms with Gasteiger partial charge in [0.1, 0.15) is 11.5 Å². The standard InChI is InChI=1S/C12H9BN2O4/c16-7-9-1-11(5-14-3-9)18-13-19-12-2-10(8-17)4-15-6-12/h1-8,13H. The average molecular weight is 256 g/mol. The zero-order valence-corrected chi connectivity index (χ0v) is 9.85. The third-order valence-electron chi connectivity index (χ3n) is 2.19. The fourth-order valence-corrected chi connectivity index (χ4v) is 1.32. The molecule has 6 nitrogen and oxygen atoms in total. The van der Waals surface area contributed by atoms with E-state index in [2.05, 4.69) is 9.97 Å². The average Bonchev–Trinajstić information content (AvgIpc) is 2.48. The van der Waals surface area contributed by atoms with Crippen LogP contribution in [0.2, 0.25) is 0 Å². The van der Waals surface area contributed by atoms with E-state index in [1.807, 2.05) is 0 Å². The molecule has 0 unspecified atom stereocenters. The van der Waals surface area contributed by atoms with Crippen molar-refractivity contribution in [2.75, 3.05) is 0 Å². The number of hydrogen-bond acceptors (Lipinski definition) is 6. The Kier molecular flexibility index (Phi) is 4.23. The highest BCUT2D eigenvalue weighted by Crippen LogP contribution is 2.12. The van der Waals surface area contributed by atoms with Crippen molar-refractivity contribution in [2.24, 2.45) is 0 Å². The third-order valence-corrected chi connectivity index (χ3v) is 2.19. The van der Waals surface area contributed by atoms with Crippen molar-refractivity contribution in [2.45, 2.75) is 0 Å². The smallest absolute Gasteiger partial charge is 0.527 e. The van der Waals surface area contributed by atoms with Gasteiger partial charge >= 0.3 is 7.69 Å². The van der Waals surface area contributed by atoms with Crippen molar-refractivity contribution in [3.05, 3.63) is 48.0 Å². The largest absolute Gasteiger partial charge is 0.576 e. The van der Waals surface area contributed by atoms with Crippen LogP contribution in [0.1, 0.15) is 20.7 Å². The van der Waals surface area contributed by atoms with Crippen molar-refractivity contribution in [3.63, 3.8) is 0 Å². The normalized spacial score (nSPS) is 9.47. The van der Waals surface area contributed by atoms with Crippen LogP contribution >= 0.6 is 0 Å². The fraction of sp³-hybridized carbons (Fsp3) is 0. The van der Waals surface area contributed by atoms with Crippen LogP contribution in [0, 0.1) is 0 Å². The minimum absolute atomic E-state index is 0.0754. The lowest BCUT2D eigenvalue weighted by molar-refractivity contribution is 0.111. The SMILES string of the molecule is O=Cc1cncc(OBOc2cncc(C=O)c2)c1. The van der Waals surface area contributed by atoms with Crippen LogP contribution in [0.3, 0.4) is 0 Å². The minimum Gasteiger partial charge on any atom is -0.527 e. The summed E-state index contributed by atoms with van der Waals surface area (Å²) < 4.78 is 10.5. The highest BCUT2D eigenvalue weighted by Gasteiger charge is 2.02. The number of carbonyl (C=O) groups excluding carboxylic acids is 2. The zero-order chi connectivity index (χ0) is 13.5. The lowest BCUT2D eigenvalue weighted by atomic mass is 10.2. The number of aldehydes is 2. The van der Waals surface area contributed by atoms with Crippen LogP contribution in [-0.4, -0.2) is 30.2 Å². The van der Waals surface area contributed by atoms with E-state index in [1.165, 1.54) is 24.8 Å². The molecule has 0 N–H and O–H groups in total. The fourth-order valence-electron chi connectivity index (χ4n) is 1.32. The number of pyridine rings is 2. The maximum Gasteiger partial charge on any atom is 0.576 e. The van der Waals surface area contributed by atoms with Gasteiger partial charge in [-0.25, -0.2) is 0 Å². The number of carbonyl (C=O) groups is 2. The molecule has 0 amide bonds. The molecular weight excluding hydrogens is 247 g/mol. The Bertz CT molecular complexity index is 540. The van der Waals surface area contributed by atoms with Crippen LogP contribution in [0.5, 0.6) is 11.5 Å². The third kappa shape index (κ3) is 3.63. The van der Waals surface area contributed by atoms with Crippen molar-refractivity contribution in [1.82, 2.24) is 9.97 Å². The van der Waals surface area contributed by atoms with E-state index in [0.717, 1.165) is 0 Å². The van der Waals surface area contributed by atoms with Gasteiger partial charge in [0.05, 0.1) is 12.4 Å². The summed E-state index contributed by atoms with van der Waals surface area (Å²) >= 11 is 0. The number of nitrogens with zero attached hydrogens (tertiary/aromatic N) is 2. The molecule has 2 rings (SSSR count). The Morgan fingerprint density at radius 1 is 0.842 bits per heavy atom. The van der Waals surface area contributed by atoms with Gasteiger partial charge in [0.15, 0.2) is 12.6 Å². The summed E-state index contributed by atoms with van der Waals surface area (Å²) in [4.78, 5) is 28.8. The molecule has 0 aliphatic heterocycles. The first kappa shape index (κ1) is 12.8. The van der Waals surface area contributed by atoms with Gasteiger partial charge in [0.25, 0.3) is 0 Å². The molecule has 2 heterocycles. The summed E-state index contributed by atoms with van der Waals surface area (Å²) in [6.07, 6.45) is 7.15. The summed E-state index contributed by atoms with van der Waals surface area (Å²) in [5.41, 5.74) is 0.837. The van der Waals surface area contributed by atoms with E-state index in [0.29, 0.717) is 35.2 Å². The van der Waals surface area contributed by atoms with Gasteiger partial charge in [-0.3, -0.25) is 19.6 Å². The van der Waals surface area contributed by atoms with Crippen LogP contribution in [-0.2, 0) is 0 Å². The molecule has 0 radical (unpaired) electrons. The number of aromatic nitrogens is 2. The molecule has 0 bridgehead atoms. The minimum atomic E-state index is -0.0754.